The summed E-state index contributed by atoms with van der Waals surface area (Å²) in [6.07, 6.45) is 5.78. The number of fused-ring (bicyclic) bond motifs is 1. The molecule has 3 heterocycles. The normalized spacial score (nSPS) is 11.0. The number of hydrogen-bond acceptors (Lipinski definition) is 5. The molecule has 0 aliphatic heterocycles. The van der Waals surface area contributed by atoms with Crippen molar-refractivity contribution in [2.24, 2.45) is 0 Å². The fourth-order valence-electron chi connectivity index (χ4n) is 1.93. The molecule has 3 rings (SSSR count). The van der Waals surface area contributed by atoms with Gasteiger partial charge in [0.15, 0.2) is 4.96 Å². The minimum Gasteiger partial charge on any atom is -0.481 e. The van der Waals surface area contributed by atoms with Crippen LogP contribution < -0.4 is 10.1 Å². The molecule has 0 radical (unpaired) electrons. The van der Waals surface area contributed by atoms with Crippen molar-refractivity contribution in [3.8, 4) is 5.88 Å². The van der Waals surface area contributed by atoms with Gasteiger partial charge in [0.05, 0.1) is 12.8 Å². The highest BCUT2D eigenvalue weighted by Gasteiger charge is 2.04. The number of imidazole rings is 1. The molecule has 0 fully saturated rings. The van der Waals surface area contributed by atoms with Crippen LogP contribution in [0.4, 0.5) is 0 Å². The van der Waals surface area contributed by atoms with Crippen molar-refractivity contribution in [1.29, 1.82) is 0 Å². The maximum atomic E-state index is 5.21. The first kappa shape index (κ1) is 12.1. The van der Waals surface area contributed by atoms with Crippen molar-refractivity contribution in [2.45, 2.75) is 13.1 Å². The van der Waals surface area contributed by atoms with Crippen LogP contribution in [0.5, 0.6) is 5.88 Å². The van der Waals surface area contributed by atoms with Gasteiger partial charge in [0.1, 0.15) is 0 Å². The molecule has 0 amide bonds. The summed E-state index contributed by atoms with van der Waals surface area (Å²) in [5.74, 6) is 0.667. The molecular weight excluding hydrogens is 260 g/mol. The lowest BCUT2D eigenvalue weighted by atomic mass is 10.2. The largest absolute Gasteiger partial charge is 0.481 e. The quantitative estimate of drug-likeness (QED) is 0.774. The van der Waals surface area contributed by atoms with Gasteiger partial charge in [-0.25, -0.2) is 9.97 Å². The Labute approximate surface area is 114 Å². The van der Waals surface area contributed by atoms with Gasteiger partial charge >= 0.3 is 0 Å². The van der Waals surface area contributed by atoms with Crippen molar-refractivity contribution in [1.82, 2.24) is 19.7 Å². The van der Waals surface area contributed by atoms with Gasteiger partial charge in [-0.15, -0.1) is 11.3 Å². The number of nitrogens with one attached hydrogen (secondary N) is 1. The molecule has 0 atom stereocenters. The second kappa shape index (κ2) is 5.38. The molecular formula is C13H14N4OS. The molecule has 0 saturated carbocycles. The maximum absolute atomic E-state index is 5.21. The fourth-order valence-corrected chi connectivity index (χ4v) is 2.65. The second-order valence-electron chi connectivity index (χ2n) is 4.10. The number of thiazole rings is 1. The predicted octanol–water partition coefficient (Wildman–Crippen LogP) is 2.09. The number of aromatic nitrogens is 3. The first-order valence-electron chi connectivity index (χ1n) is 5.96. The fraction of sp³-hybridized carbons (Fsp3) is 0.231. The Hall–Kier alpha value is -1.92. The number of rotatable bonds is 5. The van der Waals surface area contributed by atoms with E-state index in [1.807, 2.05) is 34.3 Å². The highest BCUT2D eigenvalue weighted by molar-refractivity contribution is 7.15. The monoisotopic (exact) mass is 274 g/mol. The van der Waals surface area contributed by atoms with E-state index in [1.165, 1.54) is 0 Å². The average molecular weight is 274 g/mol. The van der Waals surface area contributed by atoms with Gasteiger partial charge in [-0.1, -0.05) is 6.07 Å². The molecule has 3 aromatic heterocycles. The highest BCUT2D eigenvalue weighted by atomic mass is 32.1. The van der Waals surface area contributed by atoms with Gasteiger partial charge in [0.25, 0.3) is 0 Å². The standard InChI is InChI=1S/C13H14N4OS/c1-18-12-10(3-2-4-15-12)7-14-8-11-9-17-5-6-19-13(17)16-11/h2-6,9,14H,7-8H2,1H3. The maximum Gasteiger partial charge on any atom is 0.217 e. The lowest BCUT2D eigenvalue weighted by Crippen LogP contribution is -2.13. The van der Waals surface area contributed by atoms with E-state index in [4.69, 9.17) is 4.74 Å². The van der Waals surface area contributed by atoms with E-state index in [9.17, 15) is 0 Å². The van der Waals surface area contributed by atoms with Crippen LogP contribution >= 0.6 is 11.3 Å². The second-order valence-corrected chi connectivity index (χ2v) is 4.97. The first-order valence-corrected chi connectivity index (χ1v) is 6.84. The zero-order valence-corrected chi connectivity index (χ0v) is 11.4. The van der Waals surface area contributed by atoms with E-state index in [-0.39, 0.29) is 0 Å². The zero-order valence-electron chi connectivity index (χ0n) is 10.5. The Bertz CT molecular complexity index is 647. The van der Waals surface area contributed by atoms with Crippen LogP contribution in [0, 0.1) is 0 Å². The zero-order chi connectivity index (χ0) is 13.1. The van der Waals surface area contributed by atoms with E-state index in [2.05, 4.69) is 15.3 Å². The van der Waals surface area contributed by atoms with Crippen LogP contribution in [0.1, 0.15) is 11.3 Å². The SMILES string of the molecule is COc1ncccc1CNCc1cn2ccsc2n1. The molecule has 1 N–H and O–H groups in total. The molecule has 5 nitrogen and oxygen atoms in total. The third kappa shape index (κ3) is 2.59. The Balaban J connectivity index is 1.62. The summed E-state index contributed by atoms with van der Waals surface area (Å²) < 4.78 is 7.25. The number of methoxy groups -OCH3 is 1. The number of hydrogen-bond donors (Lipinski definition) is 1. The van der Waals surface area contributed by atoms with Crippen LogP contribution in [-0.4, -0.2) is 21.5 Å². The number of nitrogens with zero attached hydrogens (tertiary/aromatic N) is 3. The molecule has 0 spiro atoms. The summed E-state index contributed by atoms with van der Waals surface area (Å²) >= 11 is 1.64. The van der Waals surface area contributed by atoms with Crippen LogP contribution in [0.25, 0.3) is 4.96 Å². The molecule has 0 aromatic carbocycles. The molecule has 0 bridgehead atoms. The van der Waals surface area contributed by atoms with Crippen molar-refractivity contribution in [3.05, 3.63) is 47.4 Å². The third-order valence-electron chi connectivity index (χ3n) is 2.81. The van der Waals surface area contributed by atoms with Gasteiger partial charge in [-0.3, -0.25) is 4.40 Å². The van der Waals surface area contributed by atoms with Gasteiger partial charge in [0.2, 0.25) is 5.88 Å². The molecule has 0 unspecified atom stereocenters. The average Bonchev–Trinajstić information content (AvgIpc) is 3.00. The Morgan fingerprint density at radius 2 is 2.37 bits per heavy atom. The first-order chi connectivity index (χ1) is 9.36. The summed E-state index contributed by atoms with van der Waals surface area (Å²) in [4.78, 5) is 9.71. The van der Waals surface area contributed by atoms with Crippen LogP contribution in [0.15, 0.2) is 36.1 Å². The Morgan fingerprint density at radius 3 is 3.21 bits per heavy atom. The summed E-state index contributed by atoms with van der Waals surface area (Å²) in [6, 6.07) is 3.91. The Morgan fingerprint density at radius 1 is 1.42 bits per heavy atom. The van der Waals surface area contributed by atoms with Crippen molar-refractivity contribution in [3.63, 3.8) is 0 Å². The smallest absolute Gasteiger partial charge is 0.217 e. The number of ether oxygens (including phenoxy) is 1. The topological polar surface area (TPSA) is 51.5 Å². The van der Waals surface area contributed by atoms with Gasteiger partial charge < -0.3 is 10.1 Å². The molecule has 3 aromatic rings. The van der Waals surface area contributed by atoms with Gasteiger partial charge in [0, 0.05) is 42.6 Å². The van der Waals surface area contributed by atoms with E-state index in [0.717, 1.165) is 22.8 Å². The van der Waals surface area contributed by atoms with Crippen molar-refractivity contribution < 1.29 is 4.74 Å². The van der Waals surface area contributed by atoms with Gasteiger partial charge in [-0.05, 0) is 6.07 Å². The molecule has 0 saturated heterocycles. The van der Waals surface area contributed by atoms with Crippen LogP contribution in [0.2, 0.25) is 0 Å². The molecule has 98 valence electrons. The Kier molecular flexibility index (Phi) is 3.43. The van der Waals surface area contributed by atoms with E-state index in [0.29, 0.717) is 12.4 Å². The molecule has 19 heavy (non-hydrogen) atoms. The summed E-state index contributed by atoms with van der Waals surface area (Å²) in [7, 11) is 1.63. The summed E-state index contributed by atoms with van der Waals surface area (Å²) in [6.45, 7) is 1.44. The predicted molar refractivity (Wildman–Crippen MR) is 74.4 cm³/mol. The molecule has 0 aliphatic rings. The summed E-state index contributed by atoms with van der Waals surface area (Å²) in [5, 5.41) is 5.38. The lowest BCUT2D eigenvalue weighted by molar-refractivity contribution is 0.390. The number of pyridine rings is 1. The molecule has 0 aliphatic carbocycles. The van der Waals surface area contributed by atoms with E-state index < -0.39 is 0 Å². The highest BCUT2D eigenvalue weighted by Crippen LogP contribution is 2.14. The third-order valence-corrected chi connectivity index (χ3v) is 3.58. The summed E-state index contributed by atoms with van der Waals surface area (Å²) in [5.41, 5.74) is 2.08. The van der Waals surface area contributed by atoms with Gasteiger partial charge in [-0.2, -0.15) is 0 Å². The minimum atomic E-state index is 0.667. The van der Waals surface area contributed by atoms with Crippen molar-refractivity contribution in [2.75, 3.05) is 7.11 Å². The van der Waals surface area contributed by atoms with Crippen LogP contribution in [0.3, 0.4) is 0 Å². The van der Waals surface area contributed by atoms with E-state index >= 15 is 0 Å². The lowest BCUT2D eigenvalue weighted by Gasteiger charge is -2.07. The minimum absolute atomic E-state index is 0.667. The molecule has 6 heteroatoms. The van der Waals surface area contributed by atoms with E-state index in [1.54, 1.807) is 24.6 Å². The van der Waals surface area contributed by atoms with Crippen LogP contribution in [-0.2, 0) is 13.1 Å². The van der Waals surface area contributed by atoms with Crippen molar-refractivity contribution >= 4 is 16.3 Å².